The number of hydrogen-bond donors (Lipinski definition) is 4. The van der Waals surface area contributed by atoms with Crippen molar-refractivity contribution in [3.8, 4) is 0 Å². The summed E-state index contributed by atoms with van der Waals surface area (Å²) in [4.78, 5) is 12.5. The summed E-state index contributed by atoms with van der Waals surface area (Å²) in [5, 5.41) is 33.3. The summed E-state index contributed by atoms with van der Waals surface area (Å²) in [7, 11) is 0. The second-order valence-electron chi connectivity index (χ2n) is 19.1. The topological polar surface area (TPSA) is 89.8 Å². The molecule has 0 aliphatic carbocycles. The van der Waals surface area contributed by atoms with Crippen molar-refractivity contribution >= 4 is 5.91 Å². The van der Waals surface area contributed by atoms with Crippen LogP contribution < -0.4 is 5.32 Å². The Bertz CT molecular complexity index is 962. The predicted octanol–water partition coefficient (Wildman–Crippen LogP) is 17.1. The van der Waals surface area contributed by atoms with Crippen LogP contribution in [0.3, 0.4) is 0 Å². The second-order valence-corrected chi connectivity index (χ2v) is 19.1. The SMILES string of the molecule is CCCCCCCCCCCCCC/C=C\CCCCCCCCCC(O)C(=O)NC(CO)C(O)/C=C/CC/C=C/CCCCCCCCCCCCCCCCCCCCC. The van der Waals surface area contributed by atoms with Crippen LogP contribution in [0, 0.1) is 0 Å². The van der Waals surface area contributed by atoms with Crippen LogP contribution in [0.4, 0.5) is 0 Å². The Labute approximate surface area is 387 Å². The Kier molecular flexibility index (Phi) is 51.0. The summed E-state index contributed by atoms with van der Waals surface area (Å²) in [6, 6.07) is -0.817. The number of amides is 1. The lowest BCUT2D eigenvalue weighted by Gasteiger charge is -2.21. The van der Waals surface area contributed by atoms with Crippen LogP contribution >= 0.6 is 0 Å². The Hall–Kier alpha value is -1.43. The fourth-order valence-electron chi connectivity index (χ4n) is 8.61. The zero-order valence-corrected chi connectivity index (χ0v) is 41.8. The van der Waals surface area contributed by atoms with Crippen molar-refractivity contribution in [1.82, 2.24) is 5.32 Å². The molecule has 0 aliphatic rings. The van der Waals surface area contributed by atoms with E-state index in [0.29, 0.717) is 6.42 Å². The van der Waals surface area contributed by atoms with Gasteiger partial charge in [0.05, 0.1) is 18.8 Å². The highest BCUT2D eigenvalue weighted by Gasteiger charge is 2.22. The first kappa shape index (κ1) is 60.6. The Morgan fingerprint density at radius 2 is 0.661 bits per heavy atom. The third-order valence-corrected chi connectivity index (χ3v) is 13.0. The number of aliphatic hydroxyl groups is 3. The second kappa shape index (κ2) is 52.2. The molecule has 5 nitrogen and oxygen atoms in total. The minimum atomic E-state index is -1.11. The summed E-state index contributed by atoms with van der Waals surface area (Å²) in [6.45, 7) is 4.20. The number of unbranched alkanes of at least 4 members (excludes halogenated alkanes) is 39. The van der Waals surface area contributed by atoms with Crippen LogP contribution in [0.5, 0.6) is 0 Å². The lowest BCUT2D eigenvalue weighted by molar-refractivity contribution is -0.131. The molecule has 4 N–H and O–H groups in total. The van der Waals surface area contributed by atoms with Crippen molar-refractivity contribution in [3.63, 3.8) is 0 Å². The molecular formula is C57H109NO4. The summed E-state index contributed by atoms with van der Waals surface area (Å²) in [5.41, 5.74) is 0. The molecule has 0 spiro atoms. The zero-order valence-electron chi connectivity index (χ0n) is 41.8. The van der Waals surface area contributed by atoms with Crippen molar-refractivity contribution in [3.05, 3.63) is 36.5 Å². The van der Waals surface area contributed by atoms with Gasteiger partial charge in [-0.05, 0) is 57.8 Å². The van der Waals surface area contributed by atoms with E-state index >= 15 is 0 Å². The molecule has 0 aliphatic heterocycles. The molecule has 366 valence electrons. The maximum atomic E-state index is 12.5. The number of carbonyl (C=O) groups excluding carboxylic acids is 1. The molecule has 3 unspecified atom stereocenters. The van der Waals surface area contributed by atoms with Crippen molar-refractivity contribution in [1.29, 1.82) is 0 Å². The van der Waals surface area contributed by atoms with Gasteiger partial charge in [-0.3, -0.25) is 4.79 Å². The van der Waals surface area contributed by atoms with Crippen LogP contribution in [0.15, 0.2) is 36.5 Å². The highest BCUT2D eigenvalue weighted by molar-refractivity contribution is 5.80. The minimum absolute atomic E-state index is 0.376. The molecule has 0 saturated carbocycles. The molecule has 0 aromatic carbocycles. The Morgan fingerprint density at radius 1 is 0.387 bits per heavy atom. The number of nitrogens with one attached hydrogen (secondary N) is 1. The van der Waals surface area contributed by atoms with Gasteiger partial charge in [0, 0.05) is 0 Å². The molecule has 62 heavy (non-hydrogen) atoms. The number of aliphatic hydroxyl groups excluding tert-OH is 3. The standard InChI is InChI=1S/C57H109NO4/c1-3-5-7-9-11-13-15-17-19-21-23-25-27-28-30-31-33-35-37-39-41-43-45-47-49-51-55(60)54(53-59)58-57(62)56(61)52-50-48-46-44-42-40-38-36-34-32-29-26-24-22-20-18-16-14-12-10-8-6-4-2/h32,34,41,43,49,51,54-56,59-61H,3-31,33,35-40,42,44-48,50,52-53H2,1-2H3,(H,58,62)/b34-32-,43-41+,51-49+. The van der Waals surface area contributed by atoms with Crippen molar-refractivity contribution in [2.45, 2.75) is 315 Å². The van der Waals surface area contributed by atoms with Crippen LogP contribution in [0.2, 0.25) is 0 Å². The summed E-state index contributed by atoms with van der Waals surface area (Å²) < 4.78 is 0. The average molecular weight is 873 g/mol. The summed E-state index contributed by atoms with van der Waals surface area (Å²) in [6.07, 6.45) is 67.9. The first-order valence-corrected chi connectivity index (χ1v) is 27.8. The molecular weight excluding hydrogens is 763 g/mol. The molecule has 0 rings (SSSR count). The van der Waals surface area contributed by atoms with Gasteiger partial charge in [-0.25, -0.2) is 0 Å². The van der Waals surface area contributed by atoms with E-state index < -0.39 is 24.2 Å². The van der Waals surface area contributed by atoms with Crippen molar-refractivity contribution in [2.24, 2.45) is 0 Å². The average Bonchev–Trinajstić information content (AvgIpc) is 3.28. The molecule has 0 aromatic heterocycles. The van der Waals surface area contributed by atoms with Gasteiger partial charge in [0.1, 0.15) is 6.10 Å². The van der Waals surface area contributed by atoms with E-state index in [9.17, 15) is 20.1 Å². The highest BCUT2D eigenvalue weighted by atomic mass is 16.3. The molecule has 5 heteroatoms. The summed E-state index contributed by atoms with van der Waals surface area (Å²) >= 11 is 0. The van der Waals surface area contributed by atoms with E-state index in [4.69, 9.17) is 0 Å². The quantitative estimate of drug-likeness (QED) is 0.0362. The largest absolute Gasteiger partial charge is 0.394 e. The first-order chi connectivity index (χ1) is 30.6. The van der Waals surface area contributed by atoms with Gasteiger partial charge in [-0.15, -0.1) is 0 Å². The van der Waals surface area contributed by atoms with E-state index in [1.165, 1.54) is 238 Å². The van der Waals surface area contributed by atoms with E-state index in [-0.39, 0.29) is 6.61 Å². The van der Waals surface area contributed by atoms with Crippen LogP contribution in [-0.4, -0.2) is 46.1 Å². The van der Waals surface area contributed by atoms with Crippen LogP contribution in [0.1, 0.15) is 296 Å². The van der Waals surface area contributed by atoms with E-state index in [2.05, 4.69) is 43.5 Å². The first-order valence-electron chi connectivity index (χ1n) is 27.8. The smallest absolute Gasteiger partial charge is 0.249 e. The van der Waals surface area contributed by atoms with Gasteiger partial charge in [-0.2, -0.15) is 0 Å². The van der Waals surface area contributed by atoms with Gasteiger partial charge in [0.2, 0.25) is 5.91 Å². The third kappa shape index (κ3) is 46.6. The monoisotopic (exact) mass is 872 g/mol. The number of rotatable bonds is 51. The Balaban J connectivity index is 3.62. The van der Waals surface area contributed by atoms with Gasteiger partial charge < -0.3 is 20.6 Å². The summed E-state index contributed by atoms with van der Waals surface area (Å²) in [5.74, 6) is -0.513. The van der Waals surface area contributed by atoms with Gasteiger partial charge in [-0.1, -0.05) is 275 Å². The molecule has 0 heterocycles. The molecule has 0 fully saturated rings. The number of allylic oxidation sites excluding steroid dienone is 5. The van der Waals surface area contributed by atoms with E-state index in [1.54, 1.807) is 6.08 Å². The number of carbonyl (C=O) groups is 1. The lowest BCUT2D eigenvalue weighted by atomic mass is 10.0. The fraction of sp³-hybridized carbons (Fsp3) is 0.877. The molecule has 0 saturated heterocycles. The predicted molar refractivity (Wildman–Crippen MR) is 273 cm³/mol. The maximum absolute atomic E-state index is 12.5. The molecule has 0 aromatic rings. The molecule has 1 amide bonds. The Morgan fingerprint density at radius 3 is 0.984 bits per heavy atom. The van der Waals surface area contributed by atoms with Crippen molar-refractivity contribution < 1.29 is 20.1 Å². The maximum Gasteiger partial charge on any atom is 0.249 e. The minimum Gasteiger partial charge on any atom is -0.394 e. The third-order valence-electron chi connectivity index (χ3n) is 13.0. The lowest BCUT2D eigenvalue weighted by Crippen LogP contribution is -2.48. The van der Waals surface area contributed by atoms with Crippen LogP contribution in [0.25, 0.3) is 0 Å². The fourth-order valence-corrected chi connectivity index (χ4v) is 8.61. The highest BCUT2D eigenvalue weighted by Crippen LogP contribution is 2.17. The normalized spacial score (nSPS) is 13.6. The van der Waals surface area contributed by atoms with E-state index in [1.807, 2.05) is 6.08 Å². The molecule has 0 bridgehead atoms. The van der Waals surface area contributed by atoms with Gasteiger partial charge >= 0.3 is 0 Å². The molecule has 0 radical (unpaired) electrons. The zero-order chi connectivity index (χ0) is 45.1. The van der Waals surface area contributed by atoms with E-state index in [0.717, 1.165) is 38.5 Å². The number of hydrogen-bond acceptors (Lipinski definition) is 4. The van der Waals surface area contributed by atoms with Gasteiger partial charge in [0.25, 0.3) is 0 Å². The molecule has 3 atom stereocenters. The van der Waals surface area contributed by atoms with Crippen LogP contribution in [-0.2, 0) is 4.79 Å². The van der Waals surface area contributed by atoms with Gasteiger partial charge in [0.15, 0.2) is 0 Å². The van der Waals surface area contributed by atoms with Crippen molar-refractivity contribution in [2.75, 3.05) is 6.61 Å².